The van der Waals surface area contributed by atoms with Gasteiger partial charge in [-0.15, -0.1) is 0 Å². The predicted octanol–water partition coefficient (Wildman–Crippen LogP) is 3.09. The third kappa shape index (κ3) is 3.36. The summed E-state index contributed by atoms with van der Waals surface area (Å²) >= 11 is 0. The van der Waals surface area contributed by atoms with Crippen molar-refractivity contribution in [1.82, 2.24) is 0 Å². The van der Waals surface area contributed by atoms with Crippen molar-refractivity contribution in [3.8, 4) is 11.5 Å². The minimum Gasteiger partial charge on any atom is -0.497 e. The molecule has 0 unspecified atom stereocenters. The van der Waals surface area contributed by atoms with Crippen molar-refractivity contribution in [2.75, 3.05) is 24.9 Å². The molecule has 3 aliphatic rings. The average Bonchev–Trinajstić information content (AvgIpc) is 3.42. The number of carbonyl (C=O) groups excluding carboxylic acids is 3. The number of nitrogens with one attached hydrogen (secondary N) is 2. The Balaban J connectivity index is 1.29. The van der Waals surface area contributed by atoms with Gasteiger partial charge in [0.05, 0.1) is 31.7 Å². The molecule has 0 aromatic heterocycles. The quantitative estimate of drug-likeness (QED) is 0.675. The molecule has 3 fully saturated rings. The van der Waals surface area contributed by atoms with E-state index in [9.17, 15) is 14.4 Å². The predicted molar refractivity (Wildman–Crippen MR) is 116 cm³/mol. The number of benzene rings is 2. The number of hydrogen-bond donors (Lipinski definition) is 2. The van der Waals surface area contributed by atoms with Crippen LogP contribution in [0.2, 0.25) is 0 Å². The Labute approximate surface area is 185 Å². The molecule has 8 heteroatoms. The van der Waals surface area contributed by atoms with E-state index in [1.54, 1.807) is 49.6 Å². The molecule has 1 aliphatic heterocycles. The molecule has 1 saturated heterocycles. The summed E-state index contributed by atoms with van der Waals surface area (Å²) in [5, 5.41) is 5.72. The van der Waals surface area contributed by atoms with Crippen LogP contribution in [-0.4, -0.2) is 38.1 Å². The fourth-order valence-corrected chi connectivity index (χ4v) is 5.42. The monoisotopic (exact) mass is 436 g/mol. The van der Waals surface area contributed by atoms with Gasteiger partial charge in [-0.1, -0.05) is 6.07 Å². The van der Waals surface area contributed by atoms with Crippen molar-refractivity contribution in [2.45, 2.75) is 18.9 Å². The number of hydrogen-bond acceptors (Lipinski definition) is 6. The second kappa shape index (κ2) is 7.85. The molecule has 32 heavy (non-hydrogen) atoms. The molecule has 2 saturated carbocycles. The van der Waals surface area contributed by atoms with Crippen LogP contribution < -0.4 is 20.1 Å². The van der Waals surface area contributed by atoms with Gasteiger partial charge in [0.15, 0.2) is 0 Å². The van der Waals surface area contributed by atoms with Crippen molar-refractivity contribution >= 4 is 29.2 Å². The van der Waals surface area contributed by atoms with Crippen molar-refractivity contribution in [3.05, 3.63) is 48.0 Å². The van der Waals surface area contributed by atoms with Crippen LogP contribution in [0, 0.1) is 23.7 Å². The number of carbonyl (C=O) groups is 3. The third-order valence-electron chi connectivity index (χ3n) is 6.84. The number of rotatable bonds is 6. The van der Waals surface area contributed by atoms with E-state index < -0.39 is 0 Å². The summed E-state index contributed by atoms with van der Waals surface area (Å²) in [6.45, 7) is 0. The van der Waals surface area contributed by atoms with Crippen molar-refractivity contribution < 1.29 is 28.6 Å². The van der Waals surface area contributed by atoms with Gasteiger partial charge in [-0.05, 0) is 49.1 Å². The van der Waals surface area contributed by atoms with Crippen LogP contribution in [0.5, 0.6) is 11.5 Å². The van der Waals surface area contributed by atoms with Crippen LogP contribution in [0.15, 0.2) is 42.5 Å². The first-order valence-electron chi connectivity index (χ1n) is 10.6. The molecule has 2 aromatic rings. The van der Waals surface area contributed by atoms with E-state index in [1.807, 2.05) is 0 Å². The summed E-state index contributed by atoms with van der Waals surface area (Å²) < 4.78 is 15.9. The van der Waals surface area contributed by atoms with Gasteiger partial charge in [0.1, 0.15) is 17.6 Å². The van der Waals surface area contributed by atoms with E-state index in [-0.39, 0.29) is 47.6 Å². The zero-order chi connectivity index (χ0) is 22.4. The lowest BCUT2D eigenvalue weighted by atomic mass is 9.79. The molecular formula is C24H24N2O6. The Morgan fingerprint density at radius 2 is 1.88 bits per heavy atom. The molecule has 2 aliphatic carbocycles. The lowest BCUT2D eigenvalue weighted by molar-refractivity contribution is -0.145. The first-order chi connectivity index (χ1) is 15.5. The lowest BCUT2D eigenvalue weighted by Gasteiger charge is -2.23. The number of anilines is 2. The highest BCUT2D eigenvalue weighted by molar-refractivity contribution is 6.06. The van der Waals surface area contributed by atoms with E-state index in [0.717, 1.165) is 12.8 Å². The summed E-state index contributed by atoms with van der Waals surface area (Å²) in [6, 6.07) is 11.8. The van der Waals surface area contributed by atoms with Crippen LogP contribution in [0.1, 0.15) is 23.2 Å². The highest BCUT2D eigenvalue weighted by Crippen LogP contribution is 2.57. The zero-order valence-electron chi connectivity index (χ0n) is 17.8. The average molecular weight is 436 g/mol. The summed E-state index contributed by atoms with van der Waals surface area (Å²) in [5.41, 5.74) is 1.40. The maximum absolute atomic E-state index is 13.0. The highest BCUT2D eigenvalue weighted by Gasteiger charge is 2.63. The van der Waals surface area contributed by atoms with Gasteiger partial charge in [0, 0.05) is 23.2 Å². The maximum atomic E-state index is 13.0. The molecule has 2 N–H and O–H groups in total. The van der Waals surface area contributed by atoms with E-state index in [0.29, 0.717) is 28.4 Å². The Hall–Kier alpha value is -3.55. The summed E-state index contributed by atoms with van der Waals surface area (Å²) in [5.74, 6) is -0.0548. The van der Waals surface area contributed by atoms with Gasteiger partial charge in [-0.3, -0.25) is 14.4 Å². The van der Waals surface area contributed by atoms with E-state index in [2.05, 4.69) is 10.6 Å². The first kappa shape index (κ1) is 20.4. The van der Waals surface area contributed by atoms with Gasteiger partial charge in [0.2, 0.25) is 5.91 Å². The Morgan fingerprint density at radius 3 is 2.66 bits per heavy atom. The molecule has 5 atom stereocenters. The number of esters is 1. The van der Waals surface area contributed by atoms with Crippen LogP contribution in [-0.2, 0) is 14.3 Å². The topological polar surface area (TPSA) is 103 Å². The Kier molecular flexibility index (Phi) is 5.00. The smallest absolute Gasteiger partial charge is 0.310 e. The SMILES string of the molecule is COc1ccc(NC(=O)c2cccc(NC(=O)[C@@H]3[C@@H]4C[C@@H]5[C@H]3C(=O)O[C@@H]5C4)c2)c(OC)c1. The zero-order valence-corrected chi connectivity index (χ0v) is 17.8. The van der Waals surface area contributed by atoms with E-state index in [4.69, 9.17) is 14.2 Å². The molecular weight excluding hydrogens is 412 g/mol. The fourth-order valence-electron chi connectivity index (χ4n) is 5.42. The fraction of sp³-hybridized carbons (Fsp3) is 0.375. The van der Waals surface area contributed by atoms with Gasteiger partial charge >= 0.3 is 5.97 Å². The van der Waals surface area contributed by atoms with Gasteiger partial charge in [-0.25, -0.2) is 0 Å². The molecule has 5 rings (SSSR count). The third-order valence-corrected chi connectivity index (χ3v) is 6.84. The molecule has 0 radical (unpaired) electrons. The van der Waals surface area contributed by atoms with Gasteiger partial charge in [0.25, 0.3) is 5.91 Å². The van der Waals surface area contributed by atoms with Crippen molar-refractivity contribution in [3.63, 3.8) is 0 Å². The molecule has 166 valence electrons. The number of ether oxygens (including phenoxy) is 3. The van der Waals surface area contributed by atoms with Crippen molar-refractivity contribution in [2.24, 2.45) is 23.7 Å². The van der Waals surface area contributed by atoms with Gasteiger partial charge < -0.3 is 24.8 Å². The Bertz CT molecular complexity index is 1100. The second-order valence-electron chi connectivity index (χ2n) is 8.51. The first-order valence-corrected chi connectivity index (χ1v) is 10.6. The molecule has 8 nitrogen and oxygen atoms in total. The van der Waals surface area contributed by atoms with Crippen molar-refractivity contribution in [1.29, 1.82) is 0 Å². The molecule has 2 amide bonds. The standard InChI is InChI=1S/C24H24N2O6/c1-30-15-6-7-17(19(11-15)31-2)26-22(27)12-4-3-5-14(8-12)25-23(28)20-13-9-16-18(10-13)32-24(29)21(16)20/h3-8,11,13,16,18,20-21H,9-10H2,1-2H3,(H,25,28)(H,26,27)/t13-,16+,18-,20-,21-/m1/s1. The minimum atomic E-state index is -0.368. The van der Waals surface area contributed by atoms with Crippen LogP contribution in [0.3, 0.4) is 0 Å². The second-order valence-corrected chi connectivity index (χ2v) is 8.51. The largest absolute Gasteiger partial charge is 0.497 e. The summed E-state index contributed by atoms with van der Waals surface area (Å²) in [6.07, 6.45) is 1.62. The molecule has 0 spiro atoms. The van der Waals surface area contributed by atoms with Crippen LogP contribution >= 0.6 is 0 Å². The maximum Gasteiger partial charge on any atom is 0.310 e. The Morgan fingerprint density at radius 1 is 1.03 bits per heavy atom. The number of amides is 2. The van der Waals surface area contributed by atoms with Crippen LogP contribution in [0.25, 0.3) is 0 Å². The summed E-state index contributed by atoms with van der Waals surface area (Å²) in [4.78, 5) is 38.0. The molecule has 2 aromatic carbocycles. The van der Waals surface area contributed by atoms with Crippen LogP contribution in [0.4, 0.5) is 11.4 Å². The molecule has 2 bridgehead atoms. The minimum absolute atomic E-state index is 0.0106. The summed E-state index contributed by atoms with van der Waals surface area (Å²) in [7, 11) is 3.07. The van der Waals surface area contributed by atoms with E-state index >= 15 is 0 Å². The lowest BCUT2D eigenvalue weighted by Crippen LogP contribution is -2.35. The number of methoxy groups -OCH3 is 2. The molecule has 1 heterocycles. The van der Waals surface area contributed by atoms with E-state index in [1.165, 1.54) is 7.11 Å². The van der Waals surface area contributed by atoms with Gasteiger partial charge in [-0.2, -0.15) is 0 Å². The number of fused-ring (bicyclic) bond motifs is 1. The normalized spacial score (nSPS) is 27.1. The highest BCUT2D eigenvalue weighted by atomic mass is 16.6.